The van der Waals surface area contributed by atoms with Gasteiger partial charge in [0.2, 0.25) is 0 Å². The van der Waals surface area contributed by atoms with Crippen molar-refractivity contribution in [3.8, 4) is 11.5 Å². The summed E-state index contributed by atoms with van der Waals surface area (Å²) in [6, 6.07) is 14.6. The number of ether oxygens (including phenoxy) is 2. The number of nitrogens with zero attached hydrogens (tertiary/aromatic N) is 2. The molecule has 166 valence electrons. The summed E-state index contributed by atoms with van der Waals surface area (Å²) in [6.07, 6.45) is 1.55. The van der Waals surface area contributed by atoms with Gasteiger partial charge < -0.3 is 9.47 Å². The second-order valence-electron chi connectivity index (χ2n) is 6.47. The number of benzene rings is 3. The van der Waals surface area contributed by atoms with Crippen molar-refractivity contribution < 1.29 is 14.4 Å². The number of nitro benzene ring substituents is 1. The van der Waals surface area contributed by atoms with Gasteiger partial charge in [0, 0.05) is 12.1 Å². The maximum absolute atomic E-state index is 10.7. The van der Waals surface area contributed by atoms with Crippen LogP contribution < -0.4 is 14.9 Å². The highest BCUT2D eigenvalue weighted by Gasteiger charge is 2.13. The van der Waals surface area contributed by atoms with Crippen LogP contribution >= 0.6 is 34.8 Å². The molecule has 0 atom stereocenters. The summed E-state index contributed by atoms with van der Waals surface area (Å²) in [6.45, 7) is 2.50. The van der Waals surface area contributed by atoms with E-state index in [0.717, 1.165) is 5.56 Å². The van der Waals surface area contributed by atoms with Crippen molar-refractivity contribution in [2.24, 2.45) is 5.10 Å². The normalized spacial score (nSPS) is 10.9. The fraction of sp³-hybridized carbons (Fsp3) is 0.136. The zero-order valence-corrected chi connectivity index (χ0v) is 19.1. The van der Waals surface area contributed by atoms with E-state index in [4.69, 9.17) is 44.3 Å². The van der Waals surface area contributed by atoms with Gasteiger partial charge in [-0.3, -0.25) is 15.5 Å². The first kappa shape index (κ1) is 23.7. The minimum atomic E-state index is -0.463. The Bertz CT molecular complexity index is 1140. The molecule has 0 aromatic heterocycles. The van der Waals surface area contributed by atoms with Crippen LogP contribution in [0.1, 0.15) is 18.1 Å². The number of non-ortho nitro benzene ring substituents is 1. The van der Waals surface area contributed by atoms with E-state index in [1.807, 2.05) is 13.0 Å². The zero-order valence-electron chi connectivity index (χ0n) is 16.8. The Morgan fingerprint density at radius 3 is 2.41 bits per heavy atom. The summed E-state index contributed by atoms with van der Waals surface area (Å²) >= 11 is 18.4. The SMILES string of the molecule is CCOc1cc(C=NNc2ccc([N+](=O)[O-])cc2)cc(Cl)c1OCc1ccc(Cl)c(Cl)c1. The van der Waals surface area contributed by atoms with Crippen LogP contribution in [-0.2, 0) is 6.61 Å². The predicted octanol–water partition coefficient (Wildman–Crippen LogP) is 6.98. The molecule has 0 aliphatic heterocycles. The molecule has 3 rings (SSSR count). The second-order valence-corrected chi connectivity index (χ2v) is 7.70. The molecule has 0 fully saturated rings. The molecule has 0 aliphatic rings. The molecular weight excluding hydrogens is 477 g/mol. The first-order valence-electron chi connectivity index (χ1n) is 9.44. The van der Waals surface area contributed by atoms with Crippen molar-refractivity contribution in [1.82, 2.24) is 0 Å². The lowest BCUT2D eigenvalue weighted by Gasteiger charge is -2.14. The fourth-order valence-electron chi connectivity index (χ4n) is 2.69. The van der Waals surface area contributed by atoms with Crippen LogP contribution in [0.25, 0.3) is 0 Å². The molecule has 0 bridgehead atoms. The monoisotopic (exact) mass is 493 g/mol. The van der Waals surface area contributed by atoms with E-state index in [0.29, 0.717) is 44.4 Å². The lowest BCUT2D eigenvalue weighted by molar-refractivity contribution is -0.384. The van der Waals surface area contributed by atoms with Crippen LogP contribution in [0.3, 0.4) is 0 Å². The molecular formula is C22H18Cl3N3O4. The van der Waals surface area contributed by atoms with E-state index in [2.05, 4.69) is 10.5 Å². The van der Waals surface area contributed by atoms with Crippen LogP contribution in [0.4, 0.5) is 11.4 Å². The quantitative estimate of drug-likeness (QED) is 0.197. The summed E-state index contributed by atoms with van der Waals surface area (Å²) in [5.74, 6) is 0.872. The van der Waals surface area contributed by atoms with Crippen molar-refractivity contribution in [3.05, 3.63) is 90.9 Å². The minimum absolute atomic E-state index is 0.00382. The van der Waals surface area contributed by atoms with Crippen molar-refractivity contribution in [2.45, 2.75) is 13.5 Å². The average Bonchev–Trinajstić information content (AvgIpc) is 2.76. The van der Waals surface area contributed by atoms with E-state index in [1.165, 1.54) is 12.1 Å². The van der Waals surface area contributed by atoms with Gasteiger partial charge in [-0.2, -0.15) is 5.10 Å². The number of hydrogen-bond acceptors (Lipinski definition) is 6. The molecule has 3 aromatic rings. The Morgan fingerprint density at radius 1 is 1.00 bits per heavy atom. The van der Waals surface area contributed by atoms with Gasteiger partial charge in [0.25, 0.3) is 5.69 Å². The number of hydrogen-bond donors (Lipinski definition) is 1. The number of nitrogens with one attached hydrogen (secondary N) is 1. The summed E-state index contributed by atoms with van der Waals surface area (Å²) in [7, 11) is 0. The Labute approximate surface area is 199 Å². The third kappa shape index (κ3) is 6.26. The molecule has 0 heterocycles. The third-order valence-electron chi connectivity index (χ3n) is 4.18. The summed E-state index contributed by atoms with van der Waals surface area (Å²) in [5.41, 5.74) is 4.92. The largest absolute Gasteiger partial charge is 0.490 e. The second kappa shape index (κ2) is 11.0. The molecule has 1 N–H and O–H groups in total. The van der Waals surface area contributed by atoms with Crippen molar-refractivity contribution in [2.75, 3.05) is 12.0 Å². The molecule has 10 heteroatoms. The third-order valence-corrected chi connectivity index (χ3v) is 5.20. The standard InChI is InChI=1S/C22H18Cl3N3O4/c1-2-31-21-11-15(12-26-27-16-4-6-17(7-5-16)28(29)30)10-20(25)22(21)32-13-14-3-8-18(23)19(24)9-14/h3-12,27H,2,13H2,1H3. The lowest BCUT2D eigenvalue weighted by atomic mass is 10.2. The topological polar surface area (TPSA) is 86.0 Å². The Balaban J connectivity index is 1.73. The van der Waals surface area contributed by atoms with Crippen LogP contribution in [0.2, 0.25) is 15.1 Å². The Hall–Kier alpha value is -3.00. The van der Waals surface area contributed by atoms with Crippen molar-refractivity contribution in [3.63, 3.8) is 0 Å². The molecule has 3 aromatic carbocycles. The van der Waals surface area contributed by atoms with E-state index < -0.39 is 4.92 Å². The van der Waals surface area contributed by atoms with Gasteiger partial charge in [-0.25, -0.2) is 0 Å². The highest BCUT2D eigenvalue weighted by atomic mass is 35.5. The van der Waals surface area contributed by atoms with Gasteiger partial charge in [0.05, 0.1) is 38.5 Å². The number of hydrazone groups is 1. The summed E-state index contributed by atoms with van der Waals surface area (Å²) < 4.78 is 11.6. The number of halogens is 3. The molecule has 0 unspecified atom stereocenters. The maximum Gasteiger partial charge on any atom is 0.269 e. The Kier molecular flexibility index (Phi) is 8.16. The molecule has 0 aliphatic carbocycles. The van der Waals surface area contributed by atoms with Crippen LogP contribution in [0.5, 0.6) is 11.5 Å². The van der Waals surface area contributed by atoms with E-state index in [-0.39, 0.29) is 12.3 Å². The first-order chi connectivity index (χ1) is 15.4. The van der Waals surface area contributed by atoms with Gasteiger partial charge in [-0.15, -0.1) is 0 Å². The van der Waals surface area contributed by atoms with E-state index in [9.17, 15) is 10.1 Å². The molecule has 0 saturated carbocycles. The van der Waals surface area contributed by atoms with Gasteiger partial charge in [0.15, 0.2) is 11.5 Å². The highest BCUT2D eigenvalue weighted by Crippen LogP contribution is 2.37. The number of rotatable bonds is 9. The van der Waals surface area contributed by atoms with E-state index in [1.54, 1.807) is 42.6 Å². The smallest absolute Gasteiger partial charge is 0.269 e. The maximum atomic E-state index is 10.7. The minimum Gasteiger partial charge on any atom is -0.490 e. The average molecular weight is 495 g/mol. The first-order valence-corrected chi connectivity index (χ1v) is 10.6. The summed E-state index contributed by atoms with van der Waals surface area (Å²) in [5, 5.41) is 16.1. The van der Waals surface area contributed by atoms with Gasteiger partial charge in [-0.1, -0.05) is 40.9 Å². The fourth-order valence-corrected chi connectivity index (χ4v) is 3.28. The van der Waals surface area contributed by atoms with Gasteiger partial charge in [0.1, 0.15) is 6.61 Å². The molecule has 32 heavy (non-hydrogen) atoms. The highest BCUT2D eigenvalue weighted by molar-refractivity contribution is 6.42. The zero-order chi connectivity index (χ0) is 23.1. The van der Waals surface area contributed by atoms with Crippen molar-refractivity contribution in [1.29, 1.82) is 0 Å². The van der Waals surface area contributed by atoms with E-state index >= 15 is 0 Å². The number of nitro groups is 1. The molecule has 0 saturated heterocycles. The molecule has 7 nitrogen and oxygen atoms in total. The number of anilines is 1. The van der Waals surface area contributed by atoms with Gasteiger partial charge >= 0.3 is 0 Å². The molecule has 0 amide bonds. The molecule has 0 radical (unpaired) electrons. The van der Waals surface area contributed by atoms with Crippen molar-refractivity contribution >= 4 is 52.4 Å². The Morgan fingerprint density at radius 2 is 1.75 bits per heavy atom. The van der Waals surface area contributed by atoms with Crippen LogP contribution in [-0.4, -0.2) is 17.7 Å². The molecule has 0 spiro atoms. The van der Waals surface area contributed by atoms with Crippen LogP contribution in [0, 0.1) is 10.1 Å². The van der Waals surface area contributed by atoms with Gasteiger partial charge in [-0.05, 0) is 54.4 Å². The van der Waals surface area contributed by atoms with Crippen LogP contribution in [0.15, 0.2) is 59.7 Å². The summed E-state index contributed by atoms with van der Waals surface area (Å²) in [4.78, 5) is 10.3. The predicted molar refractivity (Wildman–Crippen MR) is 128 cm³/mol. The lowest BCUT2D eigenvalue weighted by Crippen LogP contribution is -2.02.